The molecule has 1 saturated heterocycles. The van der Waals surface area contributed by atoms with Crippen LogP contribution in [0.2, 0.25) is 0 Å². The Bertz CT molecular complexity index is 1690. The van der Waals surface area contributed by atoms with E-state index in [2.05, 4.69) is 25.7 Å². The van der Waals surface area contributed by atoms with Gasteiger partial charge in [0.05, 0.1) is 35.7 Å². The maximum absolute atomic E-state index is 14.2. The molecule has 0 aliphatic carbocycles. The fourth-order valence-corrected chi connectivity index (χ4v) is 5.46. The third-order valence-corrected chi connectivity index (χ3v) is 7.42. The summed E-state index contributed by atoms with van der Waals surface area (Å²) >= 11 is 0. The van der Waals surface area contributed by atoms with Gasteiger partial charge >= 0.3 is 6.18 Å². The van der Waals surface area contributed by atoms with E-state index in [0.29, 0.717) is 36.6 Å². The molecule has 1 aliphatic rings. The van der Waals surface area contributed by atoms with Crippen LogP contribution in [-0.4, -0.2) is 65.9 Å². The molecule has 228 valence electrons. The van der Waals surface area contributed by atoms with Crippen LogP contribution in [0.4, 0.5) is 18.9 Å². The lowest BCUT2D eigenvalue weighted by molar-refractivity contribution is -0.138. The first-order chi connectivity index (χ1) is 20.3. The number of amides is 1. The van der Waals surface area contributed by atoms with Gasteiger partial charge < -0.3 is 15.0 Å². The fourth-order valence-electron chi connectivity index (χ4n) is 5.46. The van der Waals surface area contributed by atoms with E-state index in [9.17, 15) is 22.8 Å². The first-order valence-electron chi connectivity index (χ1n) is 14.0. The standard InChI is InChI=1S/C29H33F3N8O3/c1-16-14-39(15-17(2)43-16)27(41)20-6-8-21(9-7-20)33-18(3)22-12-23-25(13-24(22)29(30,31)32)34-19(4)40(28(23)42)11-10-26-35-37-38(5)36-26/h6-9,12-13,16-18,33H,10-11,14-15H2,1-5H3/t16-,17+,18-/m0/s1. The van der Waals surface area contributed by atoms with Gasteiger partial charge in [-0.25, -0.2) is 4.98 Å². The van der Waals surface area contributed by atoms with Gasteiger partial charge in [-0.05, 0) is 74.9 Å². The summed E-state index contributed by atoms with van der Waals surface area (Å²) in [6, 6.07) is 7.96. The Kier molecular flexibility index (Phi) is 8.23. The van der Waals surface area contributed by atoms with Crippen LogP contribution < -0.4 is 10.9 Å². The van der Waals surface area contributed by atoms with Crippen molar-refractivity contribution in [3.8, 4) is 0 Å². The van der Waals surface area contributed by atoms with Gasteiger partial charge in [-0.2, -0.15) is 18.0 Å². The molecule has 0 unspecified atom stereocenters. The van der Waals surface area contributed by atoms with Crippen LogP contribution in [-0.2, 0) is 30.9 Å². The molecular weight excluding hydrogens is 565 g/mol. The predicted molar refractivity (Wildman–Crippen MR) is 153 cm³/mol. The number of tetrazole rings is 1. The highest BCUT2D eigenvalue weighted by molar-refractivity contribution is 5.94. The van der Waals surface area contributed by atoms with E-state index >= 15 is 0 Å². The van der Waals surface area contributed by atoms with Crippen molar-refractivity contribution in [2.45, 2.75) is 65.1 Å². The lowest BCUT2D eigenvalue weighted by atomic mass is 9.98. The summed E-state index contributed by atoms with van der Waals surface area (Å²) in [7, 11) is 1.63. The predicted octanol–water partition coefficient (Wildman–Crippen LogP) is 3.91. The molecule has 1 N–H and O–H groups in total. The molecule has 43 heavy (non-hydrogen) atoms. The molecule has 5 rings (SSSR count). The highest BCUT2D eigenvalue weighted by Crippen LogP contribution is 2.37. The van der Waals surface area contributed by atoms with Gasteiger partial charge in [0.2, 0.25) is 0 Å². The van der Waals surface area contributed by atoms with Gasteiger partial charge in [0.15, 0.2) is 5.82 Å². The number of nitrogens with zero attached hydrogens (tertiary/aromatic N) is 7. The molecule has 0 saturated carbocycles. The number of rotatable bonds is 7. The first kappa shape index (κ1) is 30.1. The number of aromatic nitrogens is 6. The molecule has 0 bridgehead atoms. The van der Waals surface area contributed by atoms with E-state index in [0.717, 1.165) is 6.07 Å². The molecule has 1 fully saturated rings. The minimum Gasteiger partial charge on any atom is -0.379 e. The smallest absolute Gasteiger partial charge is 0.379 e. The van der Waals surface area contributed by atoms with Crippen molar-refractivity contribution in [2.75, 3.05) is 18.4 Å². The van der Waals surface area contributed by atoms with Gasteiger partial charge in [0.1, 0.15) is 5.82 Å². The zero-order valence-electron chi connectivity index (χ0n) is 24.5. The van der Waals surface area contributed by atoms with Crippen LogP contribution in [0.25, 0.3) is 10.9 Å². The number of carbonyl (C=O) groups excluding carboxylic acids is 1. The van der Waals surface area contributed by atoms with Crippen LogP contribution in [0.15, 0.2) is 41.2 Å². The van der Waals surface area contributed by atoms with Crippen LogP contribution in [0.1, 0.15) is 59.9 Å². The second-order valence-electron chi connectivity index (χ2n) is 10.9. The molecule has 0 spiro atoms. The molecule has 3 atom stereocenters. The highest BCUT2D eigenvalue weighted by Gasteiger charge is 2.36. The molecule has 4 aromatic rings. The van der Waals surface area contributed by atoms with Gasteiger partial charge in [-0.3, -0.25) is 14.2 Å². The number of alkyl halides is 3. The summed E-state index contributed by atoms with van der Waals surface area (Å²) in [5.74, 6) is 0.579. The van der Waals surface area contributed by atoms with Crippen molar-refractivity contribution >= 4 is 22.5 Å². The van der Waals surface area contributed by atoms with Crippen LogP contribution in [0, 0.1) is 6.92 Å². The quantitative estimate of drug-likeness (QED) is 0.340. The Hall–Kier alpha value is -4.33. The van der Waals surface area contributed by atoms with Crippen molar-refractivity contribution in [3.05, 3.63) is 75.1 Å². The molecular formula is C29H33F3N8O3. The molecule has 2 aromatic carbocycles. The van der Waals surface area contributed by atoms with Gasteiger partial charge in [-0.15, -0.1) is 10.2 Å². The van der Waals surface area contributed by atoms with Gasteiger partial charge in [-0.1, -0.05) is 0 Å². The molecule has 14 heteroatoms. The summed E-state index contributed by atoms with van der Waals surface area (Å²) in [6.07, 6.45) is -4.52. The number of hydrogen-bond acceptors (Lipinski definition) is 8. The summed E-state index contributed by atoms with van der Waals surface area (Å²) < 4.78 is 49.8. The Labute approximate surface area is 245 Å². The molecule has 11 nitrogen and oxygen atoms in total. The zero-order valence-corrected chi connectivity index (χ0v) is 24.5. The number of morpholine rings is 1. The van der Waals surface area contributed by atoms with E-state index in [4.69, 9.17) is 4.74 Å². The van der Waals surface area contributed by atoms with E-state index in [1.54, 1.807) is 50.1 Å². The van der Waals surface area contributed by atoms with E-state index in [-0.39, 0.29) is 47.0 Å². The minimum absolute atomic E-state index is 0.0331. The van der Waals surface area contributed by atoms with Crippen molar-refractivity contribution in [3.63, 3.8) is 0 Å². The average molecular weight is 599 g/mol. The number of fused-ring (bicyclic) bond motifs is 1. The van der Waals surface area contributed by atoms with E-state index < -0.39 is 23.3 Å². The third-order valence-electron chi connectivity index (χ3n) is 7.42. The van der Waals surface area contributed by atoms with Crippen molar-refractivity contribution in [2.24, 2.45) is 7.05 Å². The maximum Gasteiger partial charge on any atom is 0.416 e. The summed E-state index contributed by atoms with van der Waals surface area (Å²) in [5, 5.41) is 15.0. The largest absolute Gasteiger partial charge is 0.416 e. The van der Waals surface area contributed by atoms with E-state index in [1.165, 1.54) is 15.4 Å². The molecule has 1 aliphatic heterocycles. The Morgan fingerprint density at radius 1 is 1.14 bits per heavy atom. The monoisotopic (exact) mass is 598 g/mol. The minimum atomic E-state index is -4.68. The lowest BCUT2D eigenvalue weighted by Gasteiger charge is -2.35. The lowest BCUT2D eigenvalue weighted by Crippen LogP contribution is -2.48. The number of hydrogen-bond donors (Lipinski definition) is 1. The number of carbonyl (C=O) groups is 1. The fraction of sp³-hybridized carbons (Fsp3) is 0.448. The third kappa shape index (κ3) is 6.53. The topological polar surface area (TPSA) is 120 Å². The van der Waals surface area contributed by atoms with Gasteiger partial charge in [0, 0.05) is 43.3 Å². The Morgan fingerprint density at radius 3 is 2.42 bits per heavy atom. The summed E-state index contributed by atoms with van der Waals surface area (Å²) in [4.78, 5) is 33.8. The number of ether oxygens (including phenoxy) is 1. The molecule has 2 aromatic heterocycles. The summed E-state index contributed by atoms with van der Waals surface area (Å²) in [5.41, 5.74) is -0.467. The van der Waals surface area contributed by atoms with Crippen molar-refractivity contribution in [1.82, 2.24) is 34.7 Å². The number of nitrogens with one attached hydrogen (secondary N) is 1. The number of benzene rings is 2. The van der Waals surface area contributed by atoms with Crippen LogP contribution >= 0.6 is 0 Å². The number of anilines is 1. The second-order valence-corrected chi connectivity index (χ2v) is 10.9. The Balaban J connectivity index is 1.41. The van der Waals surface area contributed by atoms with E-state index in [1.807, 2.05) is 13.8 Å². The normalized spacial score (nSPS) is 18.2. The molecule has 1 amide bonds. The number of halogens is 3. The second kappa shape index (κ2) is 11.7. The first-order valence-corrected chi connectivity index (χ1v) is 14.0. The van der Waals surface area contributed by atoms with Crippen LogP contribution in [0.5, 0.6) is 0 Å². The molecule has 3 heterocycles. The van der Waals surface area contributed by atoms with Crippen LogP contribution in [0.3, 0.4) is 0 Å². The van der Waals surface area contributed by atoms with Gasteiger partial charge in [0.25, 0.3) is 11.5 Å². The Morgan fingerprint density at radius 2 is 1.81 bits per heavy atom. The van der Waals surface area contributed by atoms with Crippen molar-refractivity contribution in [1.29, 1.82) is 0 Å². The van der Waals surface area contributed by atoms with Crippen molar-refractivity contribution < 1.29 is 22.7 Å². The molecule has 0 radical (unpaired) electrons. The zero-order chi connectivity index (χ0) is 31.1. The maximum atomic E-state index is 14.2. The average Bonchev–Trinajstić information content (AvgIpc) is 3.36. The number of aryl methyl sites for hydroxylation is 3. The SMILES string of the molecule is Cc1nc2cc(C(F)(F)F)c([C@H](C)Nc3ccc(C(=O)N4C[C@@H](C)O[C@@H](C)C4)cc3)cc2c(=O)n1CCc1nnn(C)n1. The summed E-state index contributed by atoms with van der Waals surface area (Å²) in [6.45, 7) is 8.14. The highest BCUT2D eigenvalue weighted by atomic mass is 19.4.